The lowest BCUT2D eigenvalue weighted by Crippen LogP contribution is -2.39. The van der Waals surface area contributed by atoms with Gasteiger partial charge in [-0.3, -0.25) is 4.79 Å². The van der Waals surface area contributed by atoms with Crippen LogP contribution >= 0.6 is 0 Å². The SMILES string of the molecule is Cc1cc(C)n2ncc(-c3noc(C4CCCCN4C(=O)C4CC4C)n3)c2n1. The zero-order chi connectivity index (χ0) is 19.4. The van der Waals surface area contributed by atoms with Crippen LogP contribution in [0.5, 0.6) is 0 Å². The second-order valence-corrected chi connectivity index (χ2v) is 8.15. The van der Waals surface area contributed by atoms with Gasteiger partial charge in [0.05, 0.1) is 11.8 Å². The third kappa shape index (κ3) is 2.78. The number of aryl methyl sites for hydroxylation is 2. The van der Waals surface area contributed by atoms with Crippen molar-refractivity contribution >= 4 is 11.6 Å². The quantitative estimate of drug-likeness (QED) is 0.694. The first-order valence-electron chi connectivity index (χ1n) is 9.99. The second-order valence-electron chi connectivity index (χ2n) is 8.15. The number of fused-ring (bicyclic) bond motifs is 1. The fourth-order valence-corrected chi connectivity index (χ4v) is 4.24. The van der Waals surface area contributed by atoms with Crippen LogP contribution in [0, 0.1) is 25.7 Å². The van der Waals surface area contributed by atoms with Crippen LogP contribution in [0.25, 0.3) is 17.0 Å². The highest BCUT2D eigenvalue weighted by atomic mass is 16.5. The topological polar surface area (TPSA) is 89.4 Å². The number of rotatable bonds is 3. The average molecular weight is 380 g/mol. The Hall–Kier alpha value is -2.77. The minimum Gasteiger partial charge on any atom is -0.337 e. The van der Waals surface area contributed by atoms with Gasteiger partial charge in [0.25, 0.3) is 0 Å². The predicted octanol–water partition coefficient (Wildman–Crippen LogP) is 3.11. The van der Waals surface area contributed by atoms with Crippen LogP contribution in [-0.2, 0) is 4.79 Å². The van der Waals surface area contributed by atoms with Gasteiger partial charge in [-0.05, 0) is 51.5 Å². The van der Waals surface area contributed by atoms with Crippen molar-refractivity contribution in [3.8, 4) is 11.4 Å². The molecule has 8 nitrogen and oxygen atoms in total. The van der Waals surface area contributed by atoms with Gasteiger partial charge in [0, 0.05) is 23.9 Å². The predicted molar refractivity (Wildman–Crippen MR) is 101 cm³/mol. The van der Waals surface area contributed by atoms with E-state index in [1.54, 1.807) is 10.7 Å². The van der Waals surface area contributed by atoms with Crippen LogP contribution in [0.15, 0.2) is 16.8 Å². The summed E-state index contributed by atoms with van der Waals surface area (Å²) >= 11 is 0. The van der Waals surface area contributed by atoms with E-state index >= 15 is 0 Å². The number of carbonyl (C=O) groups is 1. The highest BCUT2D eigenvalue weighted by Gasteiger charge is 2.44. The summed E-state index contributed by atoms with van der Waals surface area (Å²) in [6, 6.07) is 1.85. The normalized spacial score (nSPS) is 24.7. The van der Waals surface area contributed by atoms with E-state index in [0.717, 1.165) is 49.2 Å². The van der Waals surface area contributed by atoms with Gasteiger partial charge in [0.1, 0.15) is 6.04 Å². The number of piperidine rings is 1. The lowest BCUT2D eigenvalue weighted by Gasteiger charge is -2.33. The maximum atomic E-state index is 12.9. The summed E-state index contributed by atoms with van der Waals surface area (Å²) in [4.78, 5) is 24.1. The molecule has 1 aliphatic carbocycles. The van der Waals surface area contributed by atoms with Crippen LogP contribution in [0.2, 0.25) is 0 Å². The van der Waals surface area contributed by atoms with Crippen molar-refractivity contribution in [2.45, 2.75) is 52.5 Å². The first-order valence-corrected chi connectivity index (χ1v) is 9.99. The Balaban J connectivity index is 1.48. The lowest BCUT2D eigenvalue weighted by molar-refractivity contribution is -0.137. The minimum atomic E-state index is -0.131. The van der Waals surface area contributed by atoms with E-state index in [9.17, 15) is 4.79 Å². The molecule has 0 N–H and O–H groups in total. The van der Waals surface area contributed by atoms with Crippen LogP contribution in [-0.4, -0.2) is 42.1 Å². The molecule has 8 heteroatoms. The van der Waals surface area contributed by atoms with Gasteiger partial charge in [-0.1, -0.05) is 12.1 Å². The number of likely N-dealkylation sites (tertiary alicyclic amines) is 1. The molecule has 3 atom stereocenters. The van der Waals surface area contributed by atoms with Gasteiger partial charge < -0.3 is 9.42 Å². The maximum absolute atomic E-state index is 12.9. The van der Waals surface area contributed by atoms with E-state index in [0.29, 0.717) is 23.3 Å². The van der Waals surface area contributed by atoms with E-state index in [2.05, 4.69) is 27.1 Å². The standard InChI is InChI=1S/C20H24N6O2/c1-11-8-14(11)20(27)25-7-5-4-6-16(25)19-23-17(24-28-19)15-10-21-26-13(3)9-12(2)22-18(15)26/h9-11,14,16H,4-8H2,1-3H3. The van der Waals surface area contributed by atoms with E-state index in [-0.39, 0.29) is 17.9 Å². The molecular formula is C20H24N6O2. The van der Waals surface area contributed by atoms with E-state index < -0.39 is 0 Å². The molecule has 1 amide bonds. The van der Waals surface area contributed by atoms with Crippen LogP contribution < -0.4 is 0 Å². The third-order valence-electron chi connectivity index (χ3n) is 5.96. The molecule has 5 rings (SSSR count). The Morgan fingerprint density at radius 2 is 2.07 bits per heavy atom. The molecule has 0 radical (unpaired) electrons. The van der Waals surface area contributed by atoms with Gasteiger partial charge in [-0.2, -0.15) is 10.1 Å². The first kappa shape index (κ1) is 17.3. The Morgan fingerprint density at radius 1 is 1.25 bits per heavy atom. The number of aromatic nitrogens is 5. The minimum absolute atomic E-state index is 0.131. The average Bonchev–Trinajstić information content (AvgIpc) is 3.08. The maximum Gasteiger partial charge on any atom is 0.249 e. The Bertz CT molecular complexity index is 1050. The molecule has 146 valence electrons. The van der Waals surface area contributed by atoms with Crippen LogP contribution in [0.3, 0.4) is 0 Å². The van der Waals surface area contributed by atoms with Crippen molar-refractivity contribution in [1.82, 2.24) is 29.6 Å². The molecule has 1 saturated carbocycles. The van der Waals surface area contributed by atoms with Crippen molar-refractivity contribution in [2.75, 3.05) is 6.54 Å². The van der Waals surface area contributed by atoms with Crippen molar-refractivity contribution in [1.29, 1.82) is 0 Å². The van der Waals surface area contributed by atoms with Gasteiger partial charge in [0.2, 0.25) is 17.6 Å². The molecular weight excluding hydrogens is 356 g/mol. The Kier molecular flexibility index (Phi) is 3.96. The molecule has 0 bridgehead atoms. The second kappa shape index (κ2) is 6.39. The Labute approximate surface area is 162 Å². The smallest absolute Gasteiger partial charge is 0.249 e. The fraction of sp³-hybridized carbons (Fsp3) is 0.550. The molecule has 3 aromatic heterocycles. The van der Waals surface area contributed by atoms with Crippen molar-refractivity contribution in [3.05, 3.63) is 29.5 Å². The molecule has 0 aromatic carbocycles. The summed E-state index contributed by atoms with van der Waals surface area (Å²) in [7, 11) is 0. The number of amides is 1. The number of hydrogen-bond acceptors (Lipinski definition) is 6. The Morgan fingerprint density at radius 3 is 2.86 bits per heavy atom. The number of hydrogen-bond donors (Lipinski definition) is 0. The third-order valence-corrected chi connectivity index (χ3v) is 5.96. The van der Waals surface area contributed by atoms with Gasteiger partial charge in [-0.25, -0.2) is 9.50 Å². The van der Waals surface area contributed by atoms with E-state index in [4.69, 9.17) is 4.52 Å². The summed E-state index contributed by atoms with van der Waals surface area (Å²) in [6.07, 6.45) is 5.66. The highest BCUT2D eigenvalue weighted by Crippen LogP contribution is 2.42. The van der Waals surface area contributed by atoms with Crippen molar-refractivity contribution in [3.63, 3.8) is 0 Å². The van der Waals surface area contributed by atoms with Gasteiger partial charge in [0.15, 0.2) is 5.65 Å². The molecule has 3 unspecified atom stereocenters. The molecule has 4 heterocycles. The summed E-state index contributed by atoms with van der Waals surface area (Å²) < 4.78 is 7.41. The molecule has 2 fully saturated rings. The van der Waals surface area contributed by atoms with Crippen LogP contribution in [0.4, 0.5) is 0 Å². The van der Waals surface area contributed by atoms with Crippen molar-refractivity contribution in [2.24, 2.45) is 11.8 Å². The fourth-order valence-electron chi connectivity index (χ4n) is 4.24. The lowest BCUT2D eigenvalue weighted by atomic mass is 10.0. The van der Waals surface area contributed by atoms with Crippen molar-refractivity contribution < 1.29 is 9.32 Å². The molecule has 28 heavy (non-hydrogen) atoms. The summed E-state index contributed by atoms with van der Waals surface area (Å²) in [5.74, 6) is 1.88. The molecule has 3 aromatic rings. The zero-order valence-corrected chi connectivity index (χ0v) is 16.4. The first-order chi connectivity index (χ1) is 13.5. The van der Waals surface area contributed by atoms with Gasteiger partial charge in [-0.15, -0.1) is 0 Å². The molecule has 0 spiro atoms. The number of nitrogens with zero attached hydrogens (tertiary/aromatic N) is 6. The zero-order valence-electron chi connectivity index (χ0n) is 16.4. The van der Waals surface area contributed by atoms with E-state index in [1.807, 2.05) is 24.8 Å². The number of carbonyl (C=O) groups excluding carboxylic acids is 1. The monoisotopic (exact) mass is 380 g/mol. The summed E-state index contributed by atoms with van der Waals surface area (Å²) in [5.41, 5.74) is 3.37. The van der Waals surface area contributed by atoms with E-state index in [1.165, 1.54) is 0 Å². The summed E-state index contributed by atoms with van der Waals surface area (Å²) in [6.45, 7) is 6.84. The largest absolute Gasteiger partial charge is 0.337 e. The molecule has 1 aliphatic heterocycles. The highest BCUT2D eigenvalue weighted by molar-refractivity contribution is 5.82. The summed E-state index contributed by atoms with van der Waals surface area (Å²) in [5, 5.41) is 8.60. The molecule has 1 saturated heterocycles. The van der Waals surface area contributed by atoms with Crippen LogP contribution in [0.1, 0.15) is 55.9 Å². The molecule has 2 aliphatic rings. The van der Waals surface area contributed by atoms with Gasteiger partial charge >= 0.3 is 0 Å².